The lowest BCUT2D eigenvalue weighted by Crippen LogP contribution is -2.37. The quantitative estimate of drug-likeness (QED) is 0.901. The van der Waals surface area contributed by atoms with Crippen molar-refractivity contribution in [3.8, 4) is 5.75 Å². The van der Waals surface area contributed by atoms with E-state index in [9.17, 15) is 4.39 Å². The molecule has 104 valence electrons. The predicted octanol–water partition coefficient (Wildman–Crippen LogP) is 3.54. The van der Waals surface area contributed by atoms with Gasteiger partial charge in [0.1, 0.15) is 11.4 Å². The molecule has 4 heteroatoms. The molecule has 2 aliphatic rings. The molecular formula is C15H19BrFNO. The molecule has 0 spiro atoms. The molecule has 1 saturated carbocycles. The van der Waals surface area contributed by atoms with Crippen molar-refractivity contribution < 1.29 is 9.13 Å². The molecule has 2 nitrogen and oxygen atoms in total. The third-order valence-electron chi connectivity index (χ3n) is 4.26. The van der Waals surface area contributed by atoms with Crippen molar-refractivity contribution in [1.82, 2.24) is 0 Å². The van der Waals surface area contributed by atoms with E-state index in [0.717, 1.165) is 35.0 Å². The monoisotopic (exact) mass is 327 g/mol. The summed E-state index contributed by atoms with van der Waals surface area (Å²) in [5, 5.41) is 0. The Balaban J connectivity index is 1.83. The number of hydrogen-bond acceptors (Lipinski definition) is 2. The van der Waals surface area contributed by atoms with E-state index in [1.807, 2.05) is 6.07 Å². The van der Waals surface area contributed by atoms with Gasteiger partial charge in [-0.05, 0) is 48.9 Å². The number of nitrogens with two attached hydrogens (primary N) is 1. The van der Waals surface area contributed by atoms with Gasteiger partial charge in [-0.1, -0.05) is 15.9 Å². The van der Waals surface area contributed by atoms with Crippen molar-refractivity contribution in [2.24, 2.45) is 5.73 Å². The van der Waals surface area contributed by atoms with Gasteiger partial charge < -0.3 is 10.5 Å². The van der Waals surface area contributed by atoms with Gasteiger partial charge in [0, 0.05) is 23.4 Å². The van der Waals surface area contributed by atoms with Crippen molar-refractivity contribution in [3.63, 3.8) is 0 Å². The fraction of sp³-hybridized carbons (Fsp3) is 0.600. The summed E-state index contributed by atoms with van der Waals surface area (Å²) >= 11 is 3.51. The Hall–Kier alpha value is -0.610. The first kappa shape index (κ1) is 13.4. The maximum absolute atomic E-state index is 14.9. The molecule has 0 saturated heterocycles. The lowest BCUT2D eigenvalue weighted by atomic mass is 9.80. The predicted molar refractivity (Wildman–Crippen MR) is 77.3 cm³/mol. The summed E-state index contributed by atoms with van der Waals surface area (Å²) in [5.41, 5.74) is 6.94. The lowest BCUT2D eigenvalue weighted by molar-refractivity contribution is 0.0986. The Morgan fingerprint density at radius 3 is 2.84 bits per heavy atom. The second kappa shape index (κ2) is 5.06. The maximum Gasteiger partial charge on any atom is 0.126 e. The number of fused-ring (bicyclic) bond motifs is 1. The van der Waals surface area contributed by atoms with Crippen molar-refractivity contribution in [1.29, 1.82) is 0 Å². The molecule has 1 aromatic carbocycles. The highest BCUT2D eigenvalue weighted by molar-refractivity contribution is 9.10. The van der Waals surface area contributed by atoms with Gasteiger partial charge in [0.15, 0.2) is 0 Å². The Labute approximate surface area is 121 Å². The van der Waals surface area contributed by atoms with E-state index in [0.29, 0.717) is 25.9 Å². The van der Waals surface area contributed by atoms with Gasteiger partial charge in [-0.15, -0.1) is 0 Å². The van der Waals surface area contributed by atoms with Crippen LogP contribution in [0.1, 0.15) is 36.8 Å². The number of rotatable bonds is 2. The van der Waals surface area contributed by atoms with Crippen LogP contribution in [-0.2, 0) is 12.8 Å². The summed E-state index contributed by atoms with van der Waals surface area (Å²) in [6.07, 6.45) is 4.07. The molecule has 1 aromatic rings. The number of benzene rings is 1. The summed E-state index contributed by atoms with van der Waals surface area (Å²) in [7, 11) is 0. The lowest BCUT2D eigenvalue weighted by Gasteiger charge is -2.33. The first-order valence-electron chi connectivity index (χ1n) is 6.94. The summed E-state index contributed by atoms with van der Waals surface area (Å²) in [6, 6.07) is 4.25. The van der Waals surface area contributed by atoms with Crippen molar-refractivity contribution >= 4 is 15.9 Å². The molecule has 0 unspecified atom stereocenters. The molecule has 1 fully saturated rings. The van der Waals surface area contributed by atoms with Crippen LogP contribution >= 0.6 is 15.9 Å². The van der Waals surface area contributed by atoms with Crippen LogP contribution in [0.15, 0.2) is 16.6 Å². The minimum atomic E-state index is -1.11. The van der Waals surface area contributed by atoms with Crippen LogP contribution in [0.5, 0.6) is 5.75 Å². The molecule has 0 aromatic heterocycles. The first-order valence-corrected chi connectivity index (χ1v) is 7.74. The highest BCUT2D eigenvalue weighted by atomic mass is 79.9. The average Bonchev–Trinajstić information content (AvgIpc) is 2.81. The molecule has 0 bridgehead atoms. The maximum atomic E-state index is 14.9. The molecule has 0 atom stereocenters. The van der Waals surface area contributed by atoms with Gasteiger partial charge in [-0.3, -0.25) is 0 Å². The SMILES string of the molecule is NC1CCC(F)(Cc2cc(Br)cc3c2OCC3)CC1. The minimum Gasteiger partial charge on any atom is -0.493 e. The molecule has 2 N–H and O–H groups in total. The van der Waals surface area contributed by atoms with Gasteiger partial charge in [0.05, 0.1) is 6.61 Å². The smallest absolute Gasteiger partial charge is 0.126 e. The summed E-state index contributed by atoms with van der Waals surface area (Å²) in [5.74, 6) is 0.912. The van der Waals surface area contributed by atoms with Crippen LogP contribution in [-0.4, -0.2) is 18.3 Å². The van der Waals surface area contributed by atoms with Gasteiger partial charge >= 0.3 is 0 Å². The molecule has 0 amide bonds. The molecule has 3 rings (SSSR count). The Bertz CT molecular complexity index is 483. The van der Waals surface area contributed by atoms with Crippen LogP contribution in [0.4, 0.5) is 4.39 Å². The van der Waals surface area contributed by atoms with E-state index in [2.05, 4.69) is 22.0 Å². The van der Waals surface area contributed by atoms with Crippen molar-refractivity contribution in [2.45, 2.75) is 50.2 Å². The van der Waals surface area contributed by atoms with E-state index in [1.165, 1.54) is 5.56 Å². The molecule has 19 heavy (non-hydrogen) atoms. The highest BCUT2D eigenvalue weighted by Crippen LogP contribution is 2.40. The van der Waals surface area contributed by atoms with Gasteiger partial charge in [-0.2, -0.15) is 0 Å². The standard InChI is InChI=1S/C15H19BrFNO/c16-12-7-10-3-6-19-14(10)11(8-12)9-15(17)4-1-13(18)2-5-15/h7-8,13H,1-6,9,18H2. The van der Waals surface area contributed by atoms with Crippen molar-refractivity contribution in [3.05, 3.63) is 27.7 Å². The number of ether oxygens (including phenoxy) is 1. The second-order valence-corrected chi connectivity index (χ2v) is 6.73. The zero-order valence-electron chi connectivity index (χ0n) is 10.9. The third-order valence-corrected chi connectivity index (χ3v) is 4.72. The van der Waals surface area contributed by atoms with Crippen LogP contribution in [0.25, 0.3) is 0 Å². The number of alkyl halides is 1. The topological polar surface area (TPSA) is 35.2 Å². The van der Waals surface area contributed by atoms with Crippen LogP contribution < -0.4 is 10.5 Å². The number of hydrogen-bond donors (Lipinski definition) is 1. The molecule has 1 aliphatic carbocycles. The van der Waals surface area contributed by atoms with Crippen LogP contribution in [0, 0.1) is 0 Å². The molecular weight excluding hydrogens is 309 g/mol. The largest absolute Gasteiger partial charge is 0.493 e. The second-order valence-electron chi connectivity index (χ2n) is 5.82. The van der Waals surface area contributed by atoms with Crippen molar-refractivity contribution in [2.75, 3.05) is 6.61 Å². The molecule has 0 radical (unpaired) electrons. The fourth-order valence-electron chi connectivity index (χ4n) is 3.15. The fourth-order valence-corrected chi connectivity index (χ4v) is 3.71. The Morgan fingerprint density at radius 2 is 2.11 bits per heavy atom. The Morgan fingerprint density at radius 1 is 1.37 bits per heavy atom. The average molecular weight is 328 g/mol. The van der Waals surface area contributed by atoms with Gasteiger partial charge in [0.2, 0.25) is 0 Å². The zero-order valence-corrected chi connectivity index (χ0v) is 12.5. The van der Waals surface area contributed by atoms with E-state index in [4.69, 9.17) is 10.5 Å². The van der Waals surface area contributed by atoms with E-state index >= 15 is 0 Å². The van der Waals surface area contributed by atoms with Gasteiger partial charge in [0.25, 0.3) is 0 Å². The van der Waals surface area contributed by atoms with E-state index < -0.39 is 5.67 Å². The van der Waals surface area contributed by atoms with E-state index in [-0.39, 0.29) is 6.04 Å². The van der Waals surface area contributed by atoms with Gasteiger partial charge in [-0.25, -0.2) is 4.39 Å². The van der Waals surface area contributed by atoms with Crippen LogP contribution in [0.3, 0.4) is 0 Å². The minimum absolute atomic E-state index is 0.174. The van der Waals surface area contributed by atoms with Crippen LogP contribution in [0.2, 0.25) is 0 Å². The number of halogens is 2. The summed E-state index contributed by atoms with van der Waals surface area (Å²) in [6.45, 7) is 0.711. The summed E-state index contributed by atoms with van der Waals surface area (Å²) < 4.78 is 21.6. The first-order chi connectivity index (χ1) is 9.06. The molecule has 1 heterocycles. The van der Waals surface area contributed by atoms with E-state index in [1.54, 1.807) is 0 Å². The molecule has 1 aliphatic heterocycles. The Kier molecular flexibility index (Phi) is 3.56. The third kappa shape index (κ3) is 2.79. The highest BCUT2D eigenvalue weighted by Gasteiger charge is 2.36. The summed E-state index contributed by atoms with van der Waals surface area (Å²) in [4.78, 5) is 0. The normalized spacial score (nSPS) is 29.9. The zero-order chi connectivity index (χ0) is 13.5.